The molecular weight excluding hydrogens is 168 g/mol. The molecule has 0 aliphatic heterocycles. The second kappa shape index (κ2) is 9.55. The first kappa shape index (κ1) is 14.0. The maximum absolute atomic E-state index is 2.34. The van der Waals surface area contributed by atoms with E-state index in [4.69, 9.17) is 0 Å². The molecule has 0 saturated heterocycles. The summed E-state index contributed by atoms with van der Waals surface area (Å²) in [6.07, 6.45) is 11.5. The van der Waals surface area contributed by atoms with Crippen molar-refractivity contribution in [3.8, 4) is 0 Å². The summed E-state index contributed by atoms with van der Waals surface area (Å²) in [6.45, 7) is 9.30. The summed E-state index contributed by atoms with van der Waals surface area (Å²) >= 11 is 0. The summed E-state index contributed by atoms with van der Waals surface area (Å²) in [7, 11) is 0. The molecule has 0 radical (unpaired) electrons. The van der Waals surface area contributed by atoms with Crippen molar-refractivity contribution < 1.29 is 0 Å². The third-order valence-electron chi connectivity index (χ3n) is 3.08. The standard InChI is InChI=1S/C14H30/c1-5-7-9-14(10-8-6-2)12-11-13(3)4/h13-14H,5-12H2,1-4H3. The lowest BCUT2D eigenvalue weighted by molar-refractivity contribution is 0.360. The minimum Gasteiger partial charge on any atom is -0.0654 e. The number of hydrogen-bond donors (Lipinski definition) is 0. The van der Waals surface area contributed by atoms with Gasteiger partial charge in [-0.15, -0.1) is 0 Å². The molecular formula is C14H30. The summed E-state index contributed by atoms with van der Waals surface area (Å²) in [5.74, 6) is 1.91. The Labute approximate surface area is 91.5 Å². The third kappa shape index (κ3) is 8.59. The summed E-state index contributed by atoms with van der Waals surface area (Å²) < 4.78 is 0. The average molecular weight is 198 g/mol. The predicted molar refractivity (Wildman–Crippen MR) is 66.6 cm³/mol. The van der Waals surface area contributed by atoms with E-state index in [1.807, 2.05) is 0 Å². The Hall–Kier alpha value is 0. The second-order valence-corrected chi connectivity index (χ2v) is 5.12. The zero-order chi connectivity index (χ0) is 10.8. The van der Waals surface area contributed by atoms with Crippen LogP contribution >= 0.6 is 0 Å². The monoisotopic (exact) mass is 198 g/mol. The van der Waals surface area contributed by atoms with Gasteiger partial charge in [-0.3, -0.25) is 0 Å². The van der Waals surface area contributed by atoms with E-state index in [1.54, 1.807) is 0 Å². The number of hydrogen-bond acceptors (Lipinski definition) is 0. The first-order valence-corrected chi connectivity index (χ1v) is 6.70. The maximum atomic E-state index is 2.34. The Morgan fingerprint density at radius 1 is 0.714 bits per heavy atom. The molecule has 0 heterocycles. The van der Waals surface area contributed by atoms with Crippen LogP contribution in [0.25, 0.3) is 0 Å². The molecule has 0 heteroatoms. The van der Waals surface area contributed by atoms with Gasteiger partial charge < -0.3 is 0 Å². The van der Waals surface area contributed by atoms with Gasteiger partial charge in [0, 0.05) is 0 Å². The SMILES string of the molecule is CCCCC(CCCC)CCC(C)C. The zero-order valence-electron chi connectivity index (χ0n) is 10.8. The van der Waals surface area contributed by atoms with Crippen molar-refractivity contribution >= 4 is 0 Å². The van der Waals surface area contributed by atoms with Crippen LogP contribution in [0.4, 0.5) is 0 Å². The lowest BCUT2D eigenvalue weighted by Gasteiger charge is -2.17. The fourth-order valence-corrected chi connectivity index (χ4v) is 1.99. The normalized spacial score (nSPS) is 11.6. The molecule has 0 atom stereocenters. The van der Waals surface area contributed by atoms with Gasteiger partial charge in [-0.1, -0.05) is 79.1 Å². The minimum absolute atomic E-state index is 0.890. The number of rotatable bonds is 9. The molecule has 14 heavy (non-hydrogen) atoms. The van der Waals surface area contributed by atoms with Gasteiger partial charge in [-0.2, -0.15) is 0 Å². The van der Waals surface area contributed by atoms with Crippen LogP contribution in [0, 0.1) is 11.8 Å². The number of unbranched alkanes of at least 4 members (excludes halogenated alkanes) is 2. The molecule has 0 N–H and O–H groups in total. The highest BCUT2D eigenvalue weighted by Crippen LogP contribution is 2.23. The highest BCUT2D eigenvalue weighted by atomic mass is 14.1. The fourth-order valence-electron chi connectivity index (χ4n) is 1.99. The van der Waals surface area contributed by atoms with Crippen LogP contribution in [0.15, 0.2) is 0 Å². The molecule has 0 aromatic rings. The largest absolute Gasteiger partial charge is 0.0654 e. The first-order valence-electron chi connectivity index (χ1n) is 6.70. The highest BCUT2D eigenvalue weighted by molar-refractivity contribution is 4.61. The van der Waals surface area contributed by atoms with Crippen molar-refractivity contribution in [2.45, 2.75) is 79.1 Å². The van der Waals surface area contributed by atoms with Crippen molar-refractivity contribution in [3.05, 3.63) is 0 Å². The van der Waals surface area contributed by atoms with E-state index in [9.17, 15) is 0 Å². The molecule has 0 amide bonds. The van der Waals surface area contributed by atoms with E-state index >= 15 is 0 Å². The van der Waals surface area contributed by atoms with Crippen molar-refractivity contribution in [2.24, 2.45) is 11.8 Å². The van der Waals surface area contributed by atoms with Gasteiger partial charge in [0.1, 0.15) is 0 Å². The summed E-state index contributed by atoms with van der Waals surface area (Å²) in [5.41, 5.74) is 0. The van der Waals surface area contributed by atoms with Crippen molar-refractivity contribution in [2.75, 3.05) is 0 Å². The Balaban J connectivity index is 3.60. The summed E-state index contributed by atoms with van der Waals surface area (Å²) in [5, 5.41) is 0. The molecule has 0 unspecified atom stereocenters. The predicted octanol–water partition coefficient (Wildman–Crippen LogP) is 5.42. The van der Waals surface area contributed by atoms with Gasteiger partial charge in [0.05, 0.1) is 0 Å². The van der Waals surface area contributed by atoms with E-state index in [0.29, 0.717) is 0 Å². The average Bonchev–Trinajstić information content (AvgIpc) is 2.16. The van der Waals surface area contributed by atoms with Gasteiger partial charge in [0.2, 0.25) is 0 Å². The lowest BCUT2D eigenvalue weighted by atomic mass is 9.89. The minimum atomic E-state index is 0.890. The van der Waals surface area contributed by atoms with Gasteiger partial charge in [-0.25, -0.2) is 0 Å². The highest BCUT2D eigenvalue weighted by Gasteiger charge is 2.08. The molecule has 0 aliphatic rings. The molecule has 0 aliphatic carbocycles. The van der Waals surface area contributed by atoms with Crippen molar-refractivity contribution in [1.29, 1.82) is 0 Å². The maximum Gasteiger partial charge on any atom is -0.0414 e. The summed E-state index contributed by atoms with van der Waals surface area (Å²) in [6, 6.07) is 0. The molecule has 0 spiro atoms. The molecule has 0 aromatic heterocycles. The van der Waals surface area contributed by atoms with Gasteiger partial charge in [0.25, 0.3) is 0 Å². The molecule has 86 valence electrons. The summed E-state index contributed by atoms with van der Waals surface area (Å²) in [4.78, 5) is 0. The molecule has 0 rings (SSSR count). The van der Waals surface area contributed by atoms with Crippen LogP contribution in [0.3, 0.4) is 0 Å². The Kier molecular flexibility index (Phi) is 9.55. The van der Waals surface area contributed by atoms with Crippen LogP contribution in [0.5, 0.6) is 0 Å². The first-order chi connectivity index (χ1) is 6.70. The Morgan fingerprint density at radius 2 is 1.21 bits per heavy atom. The lowest BCUT2D eigenvalue weighted by Crippen LogP contribution is -2.02. The van der Waals surface area contributed by atoms with Crippen LogP contribution in [0.2, 0.25) is 0 Å². The zero-order valence-corrected chi connectivity index (χ0v) is 10.8. The van der Waals surface area contributed by atoms with Crippen LogP contribution in [0.1, 0.15) is 79.1 Å². The van der Waals surface area contributed by atoms with Crippen LogP contribution in [-0.4, -0.2) is 0 Å². The van der Waals surface area contributed by atoms with Gasteiger partial charge in [-0.05, 0) is 11.8 Å². The smallest absolute Gasteiger partial charge is 0.0414 e. The third-order valence-corrected chi connectivity index (χ3v) is 3.08. The van der Waals surface area contributed by atoms with E-state index in [2.05, 4.69) is 27.7 Å². The van der Waals surface area contributed by atoms with Crippen molar-refractivity contribution in [3.63, 3.8) is 0 Å². The van der Waals surface area contributed by atoms with E-state index in [1.165, 1.54) is 51.4 Å². The van der Waals surface area contributed by atoms with Crippen LogP contribution < -0.4 is 0 Å². The topological polar surface area (TPSA) is 0 Å². The second-order valence-electron chi connectivity index (χ2n) is 5.12. The molecule has 0 nitrogen and oxygen atoms in total. The van der Waals surface area contributed by atoms with Gasteiger partial charge >= 0.3 is 0 Å². The van der Waals surface area contributed by atoms with Crippen molar-refractivity contribution in [1.82, 2.24) is 0 Å². The molecule has 0 aromatic carbocycles. The van der Waals surface area contributed by atoms with E-state index in [0.717, 1.165) is 11.8 Å². The van der Waals surface area contributed by atoms with E-state index in [-0.39, 0.29) is 0 Å². The Morgan fingerprint density at radius 3 is 1.57 bits per heavy atom. The molecule has 0 saturated carbocycles. The van der Waals surface area contributed by atoms with E-state index < -0.39 is 0 Å². The quantitative estimate of drug-likeness (QED) is 0.464. The van der Waals surface area contributed by atoms with Crippen LogP contribution in [-0.2, 0) is 0 Å². The fraction of sp³-hybridized carbons (Fsp3) is 1.00. The Bertz CT molecular complexity index is 96.6. The molecule has 0 bridgehead atoms. The van der Waals surface area contributed by atoms with Gasteiger partial charge in [0.15, 0.2) is 0 Å². The molecule has 0 fully saturated rings.